The second-order valence-corrected chi connectivity index (χ2v) is 5.44. The predicted molar refractivity (Wildman–Crippen MR) is 78.7 cm³/mol. The number of aromatic hydroxyl groups is 1. The number of thioether (sulfide) groups is 1. The second-order valence-electron chi connectivity index (χ2n) is 4.42. The van der Waals surface area contributed by atoms with Gasteiger partial charge in [-0.3, -0.25) is 0 Å². The van der Waals surface area contributed by atoms with Crippen LogP contribution in [0.1, 0.15) is 5.56 Å². The summed E-state index contributed by atoms with van der Waals surface area (Å²) in [5.74, 6) is -0.731. The van der Waals surface area contributed by atoms with Gasteiger partial charge in [0, 0.05) is 17.1 Å². The molecule has 2 rings (SSSR count). The van der Waals surface area contributed by atoms with Gasteiger partial charge in [0.15, 0.2) is 0 Å². The fourth-order valence-electron chi connectivity index (χ4n) is 1.71. The van der Waals surface area contributed by atoms with E-state index in [2.05, 4.69) is 5.32 Å². The van der Waals surface area contributed by atoms with Gasteiger partial charge in [-0.2, -0.15) is 13.2 Å². The molecule has 112 valence electrons. The lowest BCUT2D eigenvalue weighted by Gasteiger charge is -2.12. The van der Waals surface area contributed by atoms with Crippen LogP contribution in [0.15, 0.2) is 53.4 Å². The molecule has 0 aromatic heterocycles. The van der Waals surface area contributed by atoms with Gasteiger partial charge in [-0.15, -0.1) is 11.8 Å². The van der Waals surface area contributed by atoms with Crippen molar-refractivity contribution in [1.29, 1.82) is 0 Å². The Bertz CT molecular complexity index is 584. The van der Waals surface area contributed by atoms with Gasteiger partial charge < -0.3 is 10.4 Å². The highest BCUT2D eigenvalue weighted by Crippen LogP contribution is 2.32. The minimum atomic E-state index is -4.19. The number of hydrogen-bond donors (Lipinski definition) is 2. The summed E-state index contributed by atoms with van der Waals surface area (Å²) in [5, 5.41) is 12.3. The summed E-state index contributed by atoms with van der Waals surface area (Å²) >= 11 is 0.764. The van der Waals surface area contributed by atoms with Crippen molar-refractivity contribution >= 4 is 17.4 Å². The number of halogens is 3. The molecule has 0 unspecified atom stereocenters. The van der Waals surface area contributed by atoms with Crippen LogP contribution in [0.3, 0.4) is 0 Å². The summed E-state index contributed by atoms with van der Waals surface area (Å²) in [4.78, 5) is 0.564. The maximum absolute atomic E-state index is 12.3. The van der Waals surface area contributed by atoms with Gasteiger partial charge in [-0.05, 0) is 29.8 Å². The number of benzene rings is 2. The molecule has 2 nitrogen and oxygen atoms in total. The number of nitrogens with one attached hydrogen (secondary N) is 1. The number of para-hydroxylation sites is 1. The Kier molecular flexibility index (Phi) is 5.01. The van der Waals surface area contributed by atoms with Gasteiger partial charge in [0.05, 0.1) is 5.75 Å². The molecule has 6 heteroatoms. The summed E-state index contributed by atoms with van der Waals surface area (Å²) in [6.45, 7) is 0.476. The van der Waals surface area contributed by atoms with Crippen molar-refractivity contribution in [2.45, 2.75) is 17.6 Å². The standard InChI is InChI=1S/C15H14F3NOS/c16-15(17,18)10-21-14-4-2-1-3-13(14)19-9-11-5-7-12(20)8-6-11/h1-8,19-20H,9-10H2. The monoisotopic (exact) mass is 313 g/mol. The van der Waals surface area contributed by atoms with E-state index in [4.69, 9.17) is 0 Å². The van der Waals surface area contributed by atoms with E-state index in [1.54, 1.807) is 48.5 Å². The van der Waals surface area contributed by atoms with Gasteiger partial charge in [0.2, 0.25) is 0 Å². The molecule has 0 atom stereocenters. The first kappa shape index (κ1) is 15.6. The van der Waals surface area contributed by atoms with Crippen LogP contribution < -0.4 is 5.32 Å². The van der Waals surface area contributed by atoms with E-state index >= 15 is 0 Å². The maximum atomic E-state index is 12.3. The zero-order valence-electron chi connectivity index (χ0n) is 11.0. The van der Waals surface area contributed by atoms with Crippen LogP contribution in [0.4, 0.5) is 18.9 Å². The molecule has 0 spiro atoms. The van der Waals surface area contributed by atoms with Crippen molar-refractivity contribution in [3.63, 3.8) is 0 Å². The quantitative estimate of drug-likeness (QED) is 0.788. The van der Waals surface area contributed by atoms with Crippen molar-refractivity contribution in [3.8, 4) is 5.75 Å². The van der Waals surface area contributed by atoms with Crippen LogP contribution in [-0.4, -0.2) is 17.0 Å². The Labute approximate surface area is 125 Å². The molecule has 0 radical (unpaired) electrons. The normalized spacial score (nSPS) is 11.4. The maximum Gasteiger partial charge on any atom is 0.398 e. The third-order valence-corrected chi connectivity index (χ3v) is 3.84. The molecule has 0 fully saturated rings. The molecular formula is C15H14F3NOS. The topological polar surface area (TPSA) is 32.3 Å². The Morgan fingerprint density at radius 3 is 2.33 bits per heavy atom. The molecule has 0 saturated carbocycles. The Hall–Kier alpha value is -1.82. The van der Waals surface area contributed by atoms with Gasteiger partial charge in [0.1, 0.15) is 5.75 Å². The molecular weight excluding hydrogens is 299 g/mol. The molecule has 0 amide bonds. The molecule has 2 aromatic carbocycles. The third kappa shape index (κ3) is 5.23. The van der Waals surface area contributed by atoms with Crippen molar-refractivity contribution < 1.29 is 18.3 Å². The number of anilines is 1. The van der Waals surface area contributed by atoms with E-state index in [-0.39, 0.29) is 5.75 Å². The van der Waals surface area contributed by atoms with Gasteiger partial charge in [-0.1, -0.05) is 24.3 Å². The minimum Gasteiger partial charge on any atom is -0.508 e. The van der Waals surface area contributed by atoms with E-state index in [9.17, 15) is 18.3 Å². The zero-order chi connectivity index (χ0) is 15.3. The highest BCUT2D eigenvalue weighted by molar-refractivity contribution is 7.99. The average molecular weight is 313 g/mol. The van der Waals surface area contributed by atoms with Gasteiger partial charge >= 0.3 is 6.18 Å². The van der Waals surface area contributed by atoms with Gasteiger partial charge in [-0.25, -0.2) is 0 Å². The molecule has 2 N–H and O–H groups in total. The molecule has 21 heavy (non-hydrogen) atoms. The van der Waals surface area contributed by atoms with E-state index in [1.165, 1.54) is 0 Å². The summed E-state index contributed by atoms with van der Waals surface area (Å²) < 4.78 is 36.9. The van der Waals surface area contributed by atoms with Crippen LogP contribution >= 0.6 is 11.8 Å². The van der Waals surface area contributed by atoms with Gasteiger partial charge in [0.25, 0.3) is 0 Å². The molecule has 2 aromatic rings. The smallest absolute Gasteiger partial charge is 0.398 e. The fourth-order valence-corrected chi connectivity index (χ4v) is 2.50. The molecule has 0 bridgehead atoms. The summed E-state index contributed by atoms with van der Waals surface area (Å²) in [5.41, 5.74) is 1.60. The highest BCUT2D eigenvalue weighted by Gasteiger charge is 2.27. The Balaban J connectivity index is 2.01. The molecule has 0 aliphatic heterocycles. The van der Waals surface area contributed by atoms with Crippen molar-refractivity contribution in [2.75, 3.05) is 11.1 Å². The van der Waals surface area contributed by atoms with E-state index in [0.29, 0.717) is 17.1 Å². The third-order valence-electron chi connectivity index (χ3n) is 2.70. The van der Waals surface area contributed by atoms with Crippen molar-refractivity contribution in [2.24, 2.45) is 0 Å². The average Bonchev–Trinajstić information content (AvgIpc) is 2.44. The fraction of sp³-hybridized carbons (Fsp3) is 0.200. The zero-order valence-corrected chi connectivity index (χ0v) is 11.8. The highest BCUT2D eigenvalue weighted by atomic mass is 32.2. The first-order valence-electron chi connectivity index (χ1n) is 6.24. The molecule has 0 aliphatic carbocycles. The molecule has 0 heterocycles. The Morgan fingerprint density at radius 2 is 1.67 bits per heavy atom. The first-order valence-corrected chi connectivity index (χ1v) is 7.23. The predicted octanol–water partition coefficient (Wildman–Crippen LogP) is 4.66. The molecule has 0 aliphatic rings. The summed E-state index contributed by atoms with van der Waals surface area (Å²) in [7, 11) is 0. The lowest BCUT2D eigenvalue weighted by molar-refractivity contribution is -0.105. The van der Waals surface area contributed by atoms with Crippen LogP contribution in [0.2, 0.25) is 0 Å². The van der Waals surface area contributed by atoms with E-state index in [1.807, 2.05) is 0 Å². The second kappa shape index (κ2) is 6.76. The van der Waals surface area contributed by atoms with Crippen LogP contribution in [-0.2, 0) is 6.54 Å². The van der Waals surface area contributed by atoms with E-state index in [0.717, 1.165) is 17.3 Å². The minimum absolute atomic E-state index is 0.180. The first-order chi connectivity index (χ1) is 9.94. The van der Waals surface area contributed by atoms with Crippen molar-refractivity contribution in [3.05, 3.63) is 54.1 Å². The summed E-state index contributed by atoms with van der Waals surface area (Å²) in [6.07, 6.45) is -4.19. The lowest BCUT2D eigenvalue weighted by atomic mass is 10.2. The number of rotatable bonds is 5. The lowest BCUT2D eigenvalue weighted by Crippen LogP contribution is -2.11. The van der Waals surface area contributed by atoms with Crippen LogP contribution in [0, 0.1) is 0 Å². The SMILES string of the molecule is Oc1ccc(CNc2ccccc2SCC(F)(F)F)cc1. The number of phenols is 1. The van der Waals surface area contributed by atoms with Crippen LogP contribution in [0.5, 0.6) is 5.75 Å². The number of hydrogen-bond acceptors (Lipinski definition) is 3. The number of phenolic OH excluding ortho intramolecular Hbond substituents is 1. The van der Waals surface area contributed by atoms with Crippen molar-refractivity contribution in [1.82, 2.24) is 0 Å². The van der Waals surface area contributed by atoms with Crippen LogP contribution in [0.25, 0.3) is 0 Å². The Morgan fingerprint density at radius 1 is 1.00 bits per heavy atom. The largest absolute Gasteiger partial charge is 0.508 e. The number of alkyl halides is 3. The summed E-state index contributed by atoms with van der Waals surface area (Å²) in [6, 6.07) is 13.6. The van der Waals surface area contributed by atoms with E-state index < -0.39 is 11.9 Å². The molecule has 0 saturated heterocycles.